The van der Waals surface area contributed by atoms with Crippen molar-refractivity contribution in [1.29, 1.82) is 0 Å². The molecule has 20 heavy (non-hydrogen) atoms. The number of hydrogen-bond donors (Lipinski definition) is 1. The van der Waals surface area contributed by atoms with Crippen LogP contribution in [0.2, 0.25) is 0 Å². The number of aliphatic carboxylic acids is 1. The van der Waals surface area contributed by atoms with Gasteiger partial charge in [-0.15, -0.1) is 12.4 Å². The summed E-state index contributed by atoms with van der Waals surface area (Å²) in [5.74, 6) is -0.809. The van der Waals surface area contributed by atoms with E-state index >= 15 is 0 Å². The average Bonchev–Trinajstić information content (AvgIpc) is 2.42. The van der Waals surface area contributed by atoms with Crippen LogP contribution in [0, 0.1) is 0 Å². The second kappa shape index (κ2) is 7.62. The molecular formula is C15H22ClNO3. The van der Waals surface area contributed by atoms with Crippen molar-refractivity contribution >= 4 is 18.4 Å². The Labute approximate surface area is 126 Å². The number of rotatable bonds is 5. The summed E-state index contributed by atoms with van der Waals surface area (Å²) >= 11 is 0. The Kier molecular flexibility index (Phi) is 6.46. The quantitative estimate of drug-likeness (QED) is 0.908. The zero-order valence-electron chi connectivity index (χ0n) is 11.7. The highest BCUT2D eigenvalue weighted by Gasteiger charge is 2.36. The maximum absolute atomic E-state index is 10.6. The first-order valence-electron chi connectivity index (χ1n) is 6.72. The zero-order chi connectivity index (χ0) is 13.7. The minimum atomic E-state index is -0.809. The summed E-state index contributed by atoms with van der Waals surface area (Å²) in [5.41, 5.74) is 0.844. The number of carboxylic acid groups (broad SMARTS) is 1. The van der Waals surface area contributed by atoms with E-state index in [4.69, 9.17) is 9.84 Å². The van der Waals surface area contributed by atoms with E-state index < -0.39 is 5.97 Å². The number of halogens is 1. The van der Waals surface area contributed by atoms with Gasteiger partial charge in [0.05, 0.1) is 18.6 Å². The Hall–Kier alpha value is -1.10. The maximum Gasteiger partial charge on any atom is 0.305 e. The Balaban J connectivity index is 0.00000200. The van der Waals surface area contributed by atoms with E-state index in [1.165, 1.54) is 0 Å². The largest absolute Gasteiger partial charge is 0.481 e. The predicted octanol–water partition coefficient (Wildman–Crippen LogP) is 2.52. The summed E-state index contributed by atoms with van der Waals surface area (Å²) in [4.78, 5) is 12.9. The Morgan fingerprint density at radius 2 is 1.90 bits per heavy atom. The smallest absolute Gasteiger partial charge is 0.305 e. The van der Waals surface area contributed by atoms with Gasteiger partial charge in [-0.1, -0.05) is 30.3 Å². The van der Waals surface area contributed by atoms with Crippen LogP contribution in [-0.2, 0) is 15.1 Å². The van der Waals surface area contributed by atoms with E-state index in [0.717, 1.165) is 31.5 Å². The summed E-state index contributed by atoms with van der Waals surface area (Å²) in [7, 11) is 2.10. The maximum atomic E-state index is 10.6. The molecular weight excluding hydrogens is 278 g/mol. The molecule has 1 aliphatic heterocycles. The Morgan fingerprint density at radius 3 is 2.45 bits per heavy atom. The molecule has 0 amide bonds. The SMILES string of the molecule is CN1CCC(OCCC(=O)O)(c2ccccc2)CC1.Cl. The Bertz CT molecular complexity index is 416. The lowest BCUT2D eigenvalue weighted by molar-refractivity contribution is -0.142. The van der Waals surface area contributed by atoms with Crippen LogP contribution < -0.4 is 0 Å². The number of hydrogen-bond acceptors (Lipinski definition) is 3. The van der Waals surface area contributed by atoms with Crippen LogP contribution >= 0.6 is 12.4 Å². The number of carbonyl (C=O) groups is 1. The van der Waals surface area contributed by atoms with Crippen molar-refractivity contribution in [1.82, 2.24) is 4.90 Å². The highest BCUT2D eigenvalue weighted by Crippen LogP contribution is 2.36. The zero-order valence-corrected chi connectivity index (χ0v) is 12.6. The third kappa shape index (κ3) is 4.20. The molecule has 0 unspecified atom stereocenters. The molecule has 1 saturated heterocycles. The highest BCUT2D eigenvalue weighted by atomic mass is 35.5. The molecule has 2 rings (SSSR count). The van der Waals surface area contributed by atoms with E-state index in [1.807, 2.05) is 18.2 Å². The molecule has 0 saturated carbocycles. The minimum Gasteiger partial charge on any atom is -0.481 e. The second-order valence-electron chi connectivity index (χ2n) is 5.16. The van der Waals surface area contributed by atoms with E-state index in [-0.39, 0.29) is 31.0 Å². The van der Waals surface area contributed by atoms with Gasteiger partial charge >= 0.3 is 5.97 Å². The fourth-order valence-corrected chi connectivity index (χ4v) is 2.57. The van der Waals surface area contributed by atoms with Crippen molar-refractivity contribution in [3.05, 3.63) is 35.9 Å². The lowest BCUT2D eigenvalue weighted by Gasteiger charge is -2.41. The van der Waals surface area contributed by atoms with Crippen LogP contribution in [0.4, 0.5) is 0 Å². The normalized spacial score (nSPS) is 18.2. The minimum absolute atomic E-state index is 0. The molecule has 0 spiro atoms. The van der Waals surface area contributed by atoms with Gasteiger partial charge in [0.2, 0.25) is 0 Å². The number of ether oxygens (including phenoxy) is 1. The van der Waals surface area contributed by atoms with Crippen LogP contribution in [0.3, 0.4) is 0 Å². The molecule has 0 bridgehead atoms. The molecule has 112 valence electrons. The molecule has 1 fully saturated rings. The fourth-order valence-electron chi connectivity index (χ4n) is 2.57. The summed E-state index contributed by atoms with van der Waals surface area (Å²) in [6.45, 7) is 2.22. The standard InChI is InChI=1S/C15H21NO3.ClH/c1-16-10-8-15(9-11-16,19-12-7-14(17)18)13-5-3-2-4-6-13;/h2-6H,7-12H2,1H3,(H,17,18);1H. The molecule has 5 heteroatoms. The first kappa shape index (κ1) is 17.0. The van der Waals surface area contributed by atoms with Gasteiger partial charge in [-0.05, 0) is 25.5 Å². The van der Waals surface area contributed by atoms with Crippen LogP contribution in [-0.4, -0.2) is 42.7 Å². The summed E-state index contributed by atoms with van der Waals surface area (Å²) in [5, 5.41) is 8.75. The van der Waals surface area contributed by atoms with Crippen molar-refractivity contribution in [2.45, 2.75) is 24.9 Å². The van der Waals surface area contributed by atoms with Crippen molar-refractivity contribution < 1.29 is 14.6 Å². The molecule has 0 aromatic heterocycles. The van der Waals surface area contributed by atoms with Gasteiger partial charge in [-0.25, -0.2) is 0 Å². The summed E-state index contributed by atoms with van der Waals surface area (Å²) in [6.07, 6.45) is 1.88. The summed E-state index contributed by atoms with van der Waals surface area (Å²) in [6, 6.07) is 10.2. The van der Waals surface area contributed by atoms with E-state index in [2.05, 4.69) is 24.1 Å². The van der Waals surface area contributed by atoms with Crippen molar-refractivity contribution in [3.8, 4) is 0 Å². The van der Waals surface area contributed by atoms with Crippen molar-refractivity contribution in [3.63, 3.8) is 0 Å². The lowest BCUT2D eigenvalue weighted by Crippen LogP contribution is -2.43. The van der Waals surface area contributed by atoms with Crippen molar-refractivity contribution in [2.75, 3.05) is 26.7 Å². The fraction of sp³-hybridized carbons (Fsp3) is 0.533. The highest BCUT2D eigenvalue weighted by molar-refractivity contribution is 5.85. The second-order valence-corrected chi connectivity index (χ2v) is 5.16. The van der Waals surface area contributed by atoms with Gasteiger partial charge in [-0.2, -0.15) is 0 Å². The van der Waals surface area contributed by atoms with Gasteiger partial charge in [-0.3, -0.25) is 4.79 Å². The number of benzene rings is 1. The third-order valence-electron chi connectivity index (χ3n) is 3.79. The number of nitrogens with zero attached hydrogens (tertiary/aromatic N) is 1. The van der Waals surface area contributed by atoms with Crippen LogP contribution in [0.25, 0.3) is 0 Å². The van der Waals surface area contributed by atoms with Crippen LogP contribution in [0.5, 0.6) is 0 Å². The molecule has 4 nitrogen and oxygen atoms in total. The Morgan fingerprint density at radius 1 is 1.30 bits per heavy atom. The number of likely N-dealkylation sites (tertiary alicyclic amines) is 1. The van der Waals surface area contributed by atoms with E-state index in [9.17, 15) is 4.79 Å². The molecule has 0 aliphatic carbocycles. The summed E-state index contributed by atoms with van der Waals surface area (Å²) < 4.78 is 6.01. The monoisotopic (exact) mass is 299 g/mol. The molecule has 1 heterocycles. The number of carboxylic acids is 1. The molecule has 0 radical (unpaired) electrons. The molecule has 1 aromatic rings. The molecule has 1 aliphatic rings. The number of piperidine rings is 1. The van der Waals surface area contributed by atoms with E-state index in [0.29, 0.717) is 0 Å². The lowest BCUT2D eigenvalue weighted by atomic mass is 9.84. The topological polar surface area (TPSA) is 49.8 Å². The van der Waals surface area contributed by atoms with Gasteiger partial charge in [0.1, 0.15) is 0 Å². The third-order valence-corrected chi connectivity index (χ3v) is 3.79. The van der Waals surface area contributed by atoms with E-state index in [1.54, 1.807) is 0 Å². The van der Waals surface area contributed by atoms with Gasteiger partial charge < -0.3 is 14.7 Å². The predicted molar refractivity (Wildman–Crippen MR) is 80.3 cm³/mol. The van der Waals surface area contributed by atoms with Crippen LogP contribution in [0.1, 0.15) is 24.8 Å². The van der Waals surface area contributed by atoms with Gasteiger partial charge in [0.15, 0.2) is 0 Å². The molecule has 1 N–H and O–H groups in total. The first-order chi connectivity index (χ1) is 9.12. The molecule has 0 atom stereocenters. The van der Waals surface area contributed by atoms with Crippen molar-refractivity contribution in [2.24, 2.45) is 0 Å². The first-order valence-corrected chi connectivity index (χ1v) is 6.72. The van der Waals surface area contributed by atoms with Gasteiger partial charge in [0.25, 0.3) is 0 Å². The van der Waals surface area contributed by atoms with Crippen LogP contribution in [0.15, 0.2) is 30.3 Å². The average molecular weight is 300 g/mol. The molecule has 1 aromatic carbocycles. The van der Waals surface area contributed by atoms with Gasteiger partial charge in [0, 0.05) is 13.1 Å².